The molecule has 0 radical (unpaired) electrons. The molecule has 22 heavy (non-hydrogen) atoms. The van der Waals surface area contributed by atoms with Crippen molar-refractivity contribution >= 4 is 17.1 Å². The first-order chi connectivity index (χ1) is 10.3. The summed E-state index contributed by atoms with van der Waals surface area (Å²) in [7, 11) is 0. The Hall–Kier alpha value is -2.43. The lowest BCUT2D eigenvalue weighted by molar-refractivity contribution is 0.499. The van der Waals surface area contributed by atoms with Crippen LogP contribution in [-0.4, -0.2) is 5.11 Å². The molecule has 0 bridgehead atoms. The molecule has 0 aliphatic heterocycles. The number of aliphatic hydroxyl groups excluding tert-OH is 1. The molecule has 0 atom stereocenters. The molecular formula is C17H16F3NO. The van der Waals surface area contributed by atoms with Crippen LogP contribution in [0.3, 0.4) is 0 Å². The molecule has 0 heterocycles. The maximum absolute atomic E-state index is 13.5. The van der Waals surface area contributed by atoms with E-state index in [0.717, 1.165) is 12.1 Å². The number of halogens is 3. The maximum atomic E-state index is 13.5. The second-order valence-corrected chi connectivity index (χ2v) is 5.27. The van der Waals surface area contributed by atoms with Crippen LogP contribution < -0.4 is 5.32 Å². The van der Waals surface area contributed by atoms with Crippen LogP contribution in [-0.2, 0) is 0 Å². The van der Waals surface area contributed by atoms with E-state index in [4.69, 9.17) is 0 Å². The lowest BCUT2D eigenvalue weighted by Gasteiger charge is -2.17. The number of aliphatic hydroxyl groups is 1. The zero-order valence-electron chi connectivity index (χ0n) is 12.3. The van der Waals surface area contributed by atoms with Crippen LogP contribution in [0.1, 0.15) is 30.9 Å². The number of anilines is 2. The highest BCUT2D eigenvalue weighted by atomic mass is 19.2. The molecule has 0 aromatic heterocycles. The maximum Gasteiger partial charge on any atom is 0.160 e. The van der Waals surface area contributed by atoms with Crippen molar-refractivity contribution in [2.45, 2.75) is 19.8 Å². The summed E-state index contributed by atoms with van der Waals surface area (Å²) in [6.45, 7) is 7.11. The van der Waals surface area contributed by atoms with Crippen molar-refractivity contribution in [2.24, 2.45) is 0 Å². The number of nitrogens with one attached hydrogen (secondary N) is 1. The van der Waals surface area contributed by atoms with E-state index >= 15 is 0 Å². The lowest BCUT2D eigenvalue weighted by Crippen LogP contribution is -2.02. The average molecular weight is 307 g/mol. The first-order valence-corrected chi connectivity index (χ1v) is 6.73. The second-order valence-electron chi connectivity index (χ2n) is 5.27. The van der Waals surface area contributed by atoms with Gasteiger partial charge in [0.15, 0.2) is 11.6 Å². The van der Waals surface area contributed by atoms with Gasteiger partial charge in [-0.3, -0.25) is 0 Å². The van der Waals surface area contributed by atoms with Crippen LogP contribution in [0, 0.1) is 17.5 Å². The van der Waals surface area contributed by atoms with Crippen molar-refractivity contribution < 1.29 is 18.3 Å². The van der Waals surface area contributed by atoms with Gasteiger partial charge in [-0.1, -0.05) is 20.4 Å². The SMILES string of the molecule is C=C(O)c1cc(F)c(F)cc1Nc1ccc(F)cc1C(C)C. The van der Waals surface area contributed by atoms with Gasteiger partial charge in [-0.2, -0.15) is 0 Å². The van der Waals surface area contributed by atoms with Crippen molar-refractivity contribution in [3.05, 3.63) is 65.5 Å². The van der Waals surface area contributed by atoms with Gasteiger partial charge in [0, 0.05) is 17.3 Å². The summed E-state index contributed by atoms with van der Waals surface area (Å²) in [6.07, 6.45) is 0. The van der Waals surface area contributed by atoms with Crippen LogP contribution in [0.5, 0.6) is 0 Å². The van der Waals surface area contributed by atoms with Gasteiger partial charge in [0.1, 0.15) is 11.6 Å². The highest BCUT2D eigenvalue weighted by molar-refractivity contribution is 5.76. The third-order valence-electron chi connectivity index (χ3n) is 3.28. The number of rotatable bonds is 4. The Morgan fingerprint density at radius 1 is 1.05 bits per heavy atom. The molecule has 0 fully saturated rings. The monoisotopic (exact) mass is 307 g/mol. The molecule has 2 aromatic carbocycles. The highest BCUT2D eigenvalue weighted by Crippen LogP contribution is 2.32. The zero-order valence-corrected chi connectivity index (χ0v) is 12.3. The molecule has 116 valence electrons. The summed E-state index contributed by atoms with van der Waals surface area (Å²) in [5.74, 6) is -2.90. The van der Waals surface area contributed by atoms with E-state index < -0.39 is 17.4 Å². The molecule has 0 saturated carbocycles. The van der Waals surface area contributed by atoms with E-state index in [1.54, 1.807) is 0 Å². The largest absolute Gasteiger partial charge is 0.508 e. The minimum absolute atomic E-state index is 0.0178. The van der Waals surface area contributed by atoms with Gasteiger partial charge in [0.05, 0.1) is 5.69 Å². The Bertz CT molecular complexity index is 726. The molecule has 0 aliphatic carbocycles. The van der Waals surface area contributed by atoms with Gasteiger partial charge in [-0.25, -0.2) is 13.2 Å². The minimum atomic E-state index is -1.08. The minimum Gasteiger partial charge on any atom is -0.508 e. The highest BCUT2D eigenvalue weighted by Gasteiger charge is 2.15. The van der Waals surface area contributed by atoms with Crippen LogP contribution in [0.25, 0.3) is 5.76 Å². The normalized spacial score (nSPS) is 10.8. The Morgan fingerprint density at radius 2 is 1.68 bits per heavy atom. The van der Waals surface area contributed by atoms with Gasteiger partial charge in [-0.05, 0) is 35.7 Å². The van der Waals surface area contributed by atoms with E-state index in [2.05, 4.69) is 11.9 Å². The van der Waals surface area contributed by atoms with Gasteiger partial charge in [-0.15, -0.1) is 0 Å². The fourth-order valence-corrected chi connectivity index (χ4v) is 2.16. The molecule has 2 N–H and O–H groups in total. The average Bonchev–Trinajstić information content (AvgIpc) is 2.43. The lowest BCUT2D eigenvalue weighted by atomic mass is 10.0. The molecular weight excluding hydrogens is 291 g/mol. The van der Waals surface area contributed by atoms with Gasteiger partial charge in [0.2, 0.25) is 0 Å². The molecule has 0 spiro atoms. The van der Waals surface area contributed by atoms with Gasteiger partial charge >= 0.3 is 0 Å². The third kappa shape index (κ3) is 3.24. The summed E-state index contributed by atoms with van der Waals surface area (Å²) in [5.41, 5.74) is 1.42. The van der Waals surface area contributed by atoms with Gasteiger partial charge in [0.25, 0.3) is 0 Å². The van der Waals surface area contributed by atoms with Crippen molar-refractivity contribution in [1.82, 2.24) is 0 Å². The predicted octanol–water partition coefficient (Wildman–Crippen LogP) is 5.50. The summed E-state index contributed by atoms with van der Waals surface area (Å²) < 4.78 is 40.2. The first kappa shape index (κ1) is 15.9. The Balaban J connectivity index is 2.52. The summed E-state index contributed by atoms with van der Waals surface area (Å²) in [5, 5.41) is 12.4. The fourth-order valence-electron chi connectivity index (χ4n) is 2.16. The Kier molecular flexibility index (Phi) is 4.45. The van der Waals surface area contributed by atoms with E-state index in [-0.39, 0.29) is 23.0 Å². The molecule has 2 rings (SSSR count). The van der Waals surface area contributed by atoms with Gasteiger partial charge < -0.3 is 10.4 Å². The molecule has 2 nitrogen and oxygen atoms in total. The molecule has 5 heteroatoms. The third-order valence-corrected chi connectivity index (χ3v) is 3.28. The van der Waals surface area contributed by atoms with Crippen molar-refractivity contribution in [2.75, 3.05) is 5.32 Å². The first-order valence-electron chi connectivity index (χ1n) is 6.73. The smallest absolute Gasteiger partial charge is 0.160 e. The Morgan fingerprint density at radius 3 is 2.27 bits per heavy atom. The molecule has 0 amide bonds. The Labute approximate surface area is 126 Å². The summed E-state index contributed by atoms with van der Waals surface area (Å²) >= 11 is 0. The topological polar surface area (TPSA) is 32.3 Å². The van der Waals surface area contributed by atoms with Crippen molar-refractivity contribution in [3.8, 4) is 0 Å². The number of benzene rings is 2. The summed E-state index contributed by atoms with van der Waals surface area (Å²) in [4.78, 5) is 0. The molecule has 0 unspecified atom stereocenters. The van der Waals surface area contributed by atoms with E-state index in [1.807, 2.05) is 13.8 Å². The number of hydrogen-bond donors (Lipinski definition) is 2. The van der Waals surface area contributed by atoms with Crippen molar-refractivity contribution in [3.63, 3.8) is 0 Å². The standard InChI is InChI=1S/C17H16F3NO/c1-9(2)12-6-11(18)4-5-16(12)21-17-8-15(20)14(19)7-13(17)10(3)22/h4-9,21-22H,3H2,1-2H3. The second kappa shape index (κ2) is 6.13. The van der Waals surface area contributed by atoms with E-state index in [0.29, 0.717) is 11.3 Å². The molecule has 2 aromatic rings. The van der Waals surface area contributed by atoms with Crippen LogP contribution in [0.4, 0.5) is 24.5 Å². The van der Waals surface area contributed by atoms with E-state index in [1.165, 1.54) is 18.2 Å². The van der Waals surface area contributed by atoms with Crippen molar-refractivity contribution in [1.29, 1.82) is 0 Å². The number of hydrogen-bond acceptors (Lipinski definition) is 2. The fraction of sp³-hybridized carbons (Fsp3) is 0.176. The quantitative estimate of drug-likeness (QED) is 0.731. The zero-order chi connectivity index (χ0) is 16.4. The van der Waals surface area contributed by atoms with E-state index in [9.17, 15) is 18.3 Å². The van der Waals surface area contributed by atoms with Crippen LogP contribution in [0.2, 0.25) is 0 Å². The van der Waals surface area contributed by atoms with Crippen LogP contribution in [0.15, 0.2) is 36.9 Å². The van der Waals surface area contributed by atoms with Crippen LogP contribution >= 0.6 is 0 Å². The molecule has 0 aliphatic rings. The summed E-state index contributed by atoms with van der Waals surface area (Å²) in [6, 6.07) is 5.94. The predicted molar refractivity (Wildman–Crippen MR) is 81.8 cm³/mol. The molecule has 0 saturated heterocycles.